The van der Waals surface area contributed by atoms with E-state index in [1.807, 2.05) is 12.1 Å². The summed E-state index contributed by atoms with van der Waals surface area (Å²) in [6.07, 6.45) is 3.30. The summed E-state index contributed by atoms with van der Waals surface area (Å²) in [5.41, 5.74) is 6.92. The second kappa shape index (κ2) is 5.60. The van der Waals surface area contributed by atoms with E-state index >= 15 is 0 Å². The molecule has 22 heavy (non-hydrogen) atoms. The summed E-state index contributed by atoms with van der Waals surface area (Å²) < 4.78 is 28.3. The second-order valence-electron chi connectivity index (χ2n) is 5.05. The van der Waals surface area contributed by atoms with Crippen LogP contribution in [0.1, 0.15) is 5.56 Å². The zero-order valence-corrected chi connectivity index (χ0v) is 11.8. The SMILES string of the molecule is Nc1c(NCC(F)(F)c2ccccc2)ccc2ccncc12. The van der Waals surface area contributed by atoms with Gasteiger partial charge in [0.25, 0.3) is 5.92 Å². The Hall–Kier alpha value is -2.69. The summed E-state index contributed by atoms with van der Waals surface area (Å²) in [4.78, 5) is 4.02. The predicted molar refractivity (Wildman–Crippen MR) is 85.0 cm³/mol. The van der Waals surface area contributed by atoms with Gasteiger partial charge < -0.3 is 11.1 Å². The maximum atomic E-state index is 14.2. The first-order valence-electron chi connectivity index (χ1n) is 6.87. The van der Waals surface area contributed by atoms with Crippen LogP contribution in [0, 0.1) is 0 Å². The van der Waals surface area contributed by atoms with E-state index in [0.29, 0.717) is 11.4 Å². The van der Waals surface area contributed by atoms with Gasteiger partial charge in [-0.05, 0) is 17.5 Å². The van der Waals surface area contributed by atoms with Crippen LogP contribution in [0.5, 0.6) is 0 Å². The van der Waals surface area contributed by atoms with Crippen LogP contribution in [0.3, 0.4) is 0 Å². The van der Waals surface area contributed by atoms with Crippen molar-refractivity contribution < 1.29 is 8.78 Å². The largest absolute Gasteiger partial charge is 0.397 e. The normalized spacial score (nSPS) is 11.5. The minimum atomic E-state index is -2.97. The van der Waals surface area contributed by atoms with Gasteiger partial charge in [-0.3, -0.25) is 4.98 Å². The quantitative estimate of drug-likeness (QED) is 0.715. The number of pyridine rings is 1. The number of fused-ring (bicyclic) bond motifs is 1. The number of aromatic nitrogens is 1. The first-order valence-corrected chi connectivity index (χ1v) is 6.87. The Kier molecular flexibility index (Phi) is 3.63. The van der Waals surface area contributed by atoms with E-state index < -0.39 is 12.5 Å². The highest BCUT2D eigenvalue weighted by molar-refractivity contribution is 5.98. The van der Waals surface area contributed by atoms with Crippen molar-refractivity contribution in [2.24, 2.45) is 0 Å². The topological polar surface area (TPSA) is 50.9 Å². The Morgan fingerprint density at radius 3 is 2.59 bits per heavy atom. The van der Waals surface area contributed by atoms with E-state index in [4.69, 9.17) is 5.73 Å². The maximum Gasteiger partial charge on any atom is 0.290 e. The summed E-state index contributed by atoms with van der Waals surface area (Å²) in [5, 5.41) is 4.41. The molecule has 3 N–H and O–H groups in total. The molecule has 3 rings (SSSR count). The van der Waals surface area contributed by atoms with Crippen molar-refractivity contribution in [3.63, 3.8) is 0 Å². The number of anilines is 2. The van der Waals surface area contributed by atoms with Crippen molar-refractivity contribution in [3.8, 4) is 0 Å². The van der Waals surface area contributed by atoms with Gasteiger partial charge in [0.15, 0.2) is 0 Å². The minimum absolute atomic E-state index is 0.0245. The monoisotopic (exact) mass is 299 g/mol. The van der Waals surface area contributed by atoms with Crippen LogP contribution >= 0.6 is 0 Å². The average Bonchev–Trinajstić information content (AvgIpc) is 2.55. The van der Waals surface area contributed by atoms with E-state index in [1.54, 1.807) is 36.7 Å². The molecular weight excluding hydrogens is 284 g/mol. The summed E-state index contributed by atoms with van der Waals surface area (Å²) >= 11 is 0. The summed E-state index contributed by atoms with van der Waals surface area (Å²) in [6, 6.07) is 13.1. The Balaban J connectivity index is 1.83. The van der Waals surface area contributed by atoms with Crippen LogP contribution in [-0.4, -0.2) is 11.5 Å². The Morgan fingerprint density at radius 2 is 1.82 bits per heavy atom. The van der Waals surface area contributed by atoms with Crippen LogP contribution in [0.2, 0.25) is 0 Å². The lowest BCUT2D eigenvalue weighted by Gasteiger charge is -2.19. The highest BCUT2D eigenvalue weighted by Gasteiger charge is 2.31. The number of nitrogens with one attached hydrogen (secondary N) is 1. The van der Waals surface area contributed by atoms with E-state index in [9.17, 15) is 8.78 Å². The number of nitrogens with zero attached hydrogens (tertiary/aromatic N) is 1. The van der Waals surface area contributed by atoms with Gasteiger partial charge in [-0.25, -0.2) is 0 Å². The molecule has 112 valence electrons. The molecule has 0 saturated carbocycles. The van der Waals surface area contributed by atoms with Crippen molar-refractivity contribution in [2.75, 3.05) is 17.6 Å². The van der Waals surface area contributed by atoms with Gasteiger partial charge in [0.2, 0.25) is 0 Å². The lowest BCUT2D eigenvalue weighted by Crippen LogP contribution is -2.25. The van der Waals surface area contributed by atoms with Crippen molar-refractivity contribution >= 4 is 22.1 Å². The number of benzene rings is 2. The van der Waals surface area contributed by atoms with Crippen LogP contribution in [0.25, 0.3) is 10.8 Å². The van der Waals surface area contributed by atoms with Crippen molar-refractivity contribution in [3.05, 3.63) is 66.5 Å². The second-order valence-corrected chi connectivity index (χ2v) is 5.05. The third kappa shape index (κ3) is 2.70. The number of nitrogens with two attached hydrogens (primary N) is 1. The Labute approximate surface area is 126 Å². The zero-order valence-electron chi connectivity index (χ0n) is 11.8. The molecule has 1 aromatic heterocycles. The summed E-state index contributed by atoms with van der Waals surface area (Å²) in [7, 11) is 0. The predicted octanol–water partition coefficient (Wildman–Crippen LogP) is 4.02. The molecule has 0 bridgehead atoms. The van der Waals surface area contributed by atoms with Gasteiger partial charge in [0.1, 0.15) is 0 Å². The molecule has 0 fully saturated rings. The number of hydrogen-bond acceptors (Lipinski definition) is 3. The zero-order chi connectivity index (χ0) is 15.6. The summed E-state index contributed by atoms with van der Waals surface area (Å²) in [5.74, 6) is -2.97. The van der Waals surface area contributed by atoms with Crippen LogP contribution in [0.4, 0.5) is 20.2 Å². The number of nitrogen functional groups attached to an aromatic ring is 1. The fraction of sp³-hybridized carbons (Fsp3) is 0.118. The molecule has 0 aliphatic carbocycles. The molecule has 0 spiro atoms. The number of rotatable bonds is 4. The number of hydrogen-bond donors (Lipinski definition) is 2. The van der Waals surface area contributed by atoms with Gasteiger partial charge in [0.05, 0.1) is 17.9 Å². The molecule has 2 aromatic carbocycles. The van der Waals surface area contributed by atoms with E-state index in [1.165, 1.54) is 12.1 Å². The third-order valence-corrected chi connectivity index (χ3v) is 3.56. The standard InChI is InChI=1S/C17H15F2N3/c18-17(19,13-4-2-1-3-5-13)11-22-15-7-6-12-8-9-21-10-14(12)16(15)20/h1-10,22H,11,20H2. The van der Waals surface area contributed by atoms with E-state index in [-0.39, 0.29) is 5.56 Å². The molecule has 3 aromatic rings. The molecular formula is C17H15F2N3. The molecule has 1 heterocycles. The molecule has 0 radical (unpaired) electrons. The Bertz CT molecular complexity index is 788. The Morgan fingerprint density at radius 1 is 1.05 bits per heavy atom. The summed E-state index contributed by atoms with van der Waals surface area (Å²) in [6.45, 7) is -0.521. The lowest BCUT2D eigenvalue weighted by atomic mass is 10.1. The van der Waals surface area contributed by atoms with E-state index in [0.717, 1.165) is 10.8 Å². The fourth-order valence-corrected chi connectivity index (χ4v) is 2.33. The molecule has 3 nitrogen and oxygen atoms in total. The van der Waals surface area contributed by atoms with Gasteiger partial charge in [0, 0.05) is 23.3 Å². The highest BCUT2D eigenvalue weighted by Crippen LogP contribution is 2.31. The molecule has 0 aliphatic rings. The molecule has 0 unspecified atom stereocenters. The van der Waals surface area contributed by atoms with Crippen LogP contribution in [-0.2, 0) is 5.92 Å². The van der Waals surface area contributed by atoms with Crippen LogP contribution in [0.15, 0.2) is 60.9 Å². The fourth-order valence-electron chi connectivity index (χ4n) is 2.33. The van der Waals surface area contributed by atoms with Gasteiger partial charge >= 0.3 is 0 Å². The van der Waals surface area contributed by atoms with Crippen molar-refractivity contribution in [2.45, 2.75) is 5.92 Å². The molecule has 0 saturated heterocycles. The first-order chi connectivity index (χ1) is 10.6. The van der Waals surface area contributed by atoms with Crippen LogP contribution < -0.4 is 11.1 Å². The van der Waals surface area contributed by atoms with Crippen molar-refractivity contribution in [1.29, 1.82) is 0 Å². The first kappa shape index (κ1) is 14.3. The lowest BCUT2D eigenvalue weighted by molar-refractivity contribution is 0.0106. The highest BCUT2D eigenvalue weighted by atomic mass is 19.3. The molecule has 0 amide bonds. The number of alkyl halides is 2. The smallest absolute Gasteiger partial charge is 0.290 e. The maximum absolute atomic E-state index is 14.2. The van der Waals surface area contributed by atoms with E-state index in [2.05, 4.69) is 10.3 Å². The van der Waals surface area contributed by atoms with Gasteiger partial charge in [-0.2, -0.15) is 8.78 Å². The average molecular weight is 299 g/mol. The van der Waals surface area contributed by atoms with Gasteiger partial charge in [-0.1, -0.05) is 36.4 Å². The van der Waals surface area contributed by atoms with Crippen molar-refractivity contribution in [1.82, 2.24) is 4.98 Å². The molecule has 0 atom stereocenters. The molecule has 5 heteroatoms. The third-order valence-electron chi connectivity index (χ3n) is 3.56. The van der Waals surface area contributed by atoms with Gasteiger partial charge in [-0.15, -0.1) is 0 Å². The molecule has 0 aliphatic heterocycles. The number of halogens is 2. The minimum Gasteiger partial charge on any atom is -0.397 e.